The van der Waals surface area contributed by atoms with Crippen LogP contribution in [-0.2, 0) is 33.4 Å². The number of hydrogen-bond acceptors (Lipinski definition) is 10. The van der Waals surface area contributed by atoms with Crippen LogP contribution in [0.2, 0.25) is 0 Å². The second-order valence-corrected chi connectivity index (χ2v) is 22.2. The maximum absolute atomic E-state index is 13.4. The monoisotopic (exact) mass is 792 g/mol. The molecule has 0 aliphatic heterocycles. The van der Waals surface area contributed by atoms with Gasteiger partial charge in [0.25, 0.3) is 0 Å². The minimum absolute atomic E-state index is 0.0192. The third kappa shape index (κ3) is 11.0. The second-order valence-electron chi connectivity index (χ2n) is 10.8. The van der Waals surface area contributed by atoms with Crippen LogP contribution < -0.4 is 37.6 Å². The van der Waals surface area contributed by atoms with E-state index >= 15 is 0 Å². The van der Waals surface area contributed by atoms with Gasteiger partial charge in [-0.05, 0) is 6.92 Å². The standard InChI is InChI=1S/C34H42BrN4O7PS2/c1-3-46-32(42)21-37-33(43)29(39-30(40)20-19-28(36)34(44)45-2)22-48-49-23-31(41)38-24-47(35,25-13-7-4-8-14-25,26-15-9-5-10-16-26)27-17-11-6-12-18-27/h4-18,28-29H,3,19-24,36H2,1-2H3,(H,37,43)(H,38,41)(H,39,40)/t28-,29-/m0/s1. The number of methoxy groups -OCH3 is 1. The summed E-state index contributed by atoms with van der Waals surface area (Å²) in [4.78, 5) is 62.3. The number of nitrogens with one attached hydrogen (secondary N) is 3. The van der Waals surface area contributed by atoms with Crippen molar-refractivity contribution in [2.24, 2.45) is 5.73 Å². The van der Waals surface area contributed by atoms with Crippen molar-refractivity contribution in [3.05, 3.63) is 91.0 Å². The molecule has 0 heterocycles. The van der Waals surface area contributed by atoms with Gasteiger partial charge in [0.05, 0.1) is 13.7 Å². The van der Waals surface area contributed by atoms with Crippen LogP contribution in [0.1, 0.15) is 19.8 Å². The van der Waals surface area contributed by atoms with Gasteiger partial charge in [-0.25, -0.2) is 0 Å². The average molecular weight is 794 g/mol. The summed E-state index contributed by atoms with van der Waals surface area (Å²) in [6.45, 7) is 1.44. The van der Waals surface area contributed by atoms with Gasteiger partial charge in [-0.3, -0.25) is 9.59 Å². The molecule has 0 fully saturated rings. The van der Waals surface area contributed by atoms with E-state index in [2.05, 4.69) is 72.6 Å². The molecule has 264 valence electrons. The normalized spacial score (nSPS) is 13.1. The van der Waals surface area contributed by atoms with Gasteiger partial charge in [-0.2, -0.15) is 0 Å². The summed E-state index contributed by atoms with van der Waals surface area (Å²) in [5.74, 6) is -2.42. The Kier molecular flexibility index (Phi) is 16.1. The molecule has 0 aromatic heterocycles. The molecule has 3 aromatic carbocycles. The Balaban J connectivity index is 1.69. The Hall–Kier alpha value is -3.42. The first-order chi connectivity index (χ1) is 23.5. The molecule has 0 aliphatic carbocycles. The molecule has 0 saturated carbocycles. The zero-order valence-corrected chi connectivity index (χ0v) is 31.5. The van der Waals surface area contributed by atoms with Gasteiger partial charge in [-0.15, -0.1) is 0 Å². The van der Waals surface area contributed by atoms with Crippen LogP contribution in [0.15, 0.2) is 91.0 Å². The van der Waals surface area contributed by atoms with Gasteiger partial charge in [0.15, 0.2) is 0 Å². The van der Waals surface area contributed by atoms with Crippen molar-refractivity contribution < 1.29 is 33.4 Å². The van der Waals surface area contributed by atoms with Crippen LogP contribution in [0, 0.1) is 0 Å². The molecular formula is C34H42BrN4O7PS2. The zero-order chi connectivity index (χ0) is 35.7. The fourth-order valence-electron chi connectivity index (χ4n) is 4.94. The van der Waals surface area contributed by atoms with E-state index < -0.39 is 41.1 Å². The number of esters is 2. The van der Waals surface area contributed by atoms with Crippen molar-refractivity contribution in [1.82, 2.24) is 16.0 Å². The number of nitrogens with two attached hydrogens (primary N) is 1. The van der Waals surface area contributed by atoms with E-state index in [0.717, 1.165) is 15.9 Å². The van der Waals surface area contributed by atoms with E-state index in [9.17, 15) is 24.0 Å². The average Bonchev–Trinajstić information content (AvgIpc) is 3.14. The Morgan fingerprint density at radius 1 is 0.816 bits per heavy atom. The smallest absolute Gasteiger partial charge is 0.468 e. The third-order valence-corrected chi connectivity index (χ3v) is 19.1. The van der Waals surface area contributed by atoms with E-state index in [4.69, 9.17) is 10.5 Å². The maximum atomic E-state index is 13.4. The summed E-state index contributed by atoms with van der Waals surface area (Å²) < 4.78 is 9.45. The fraction of sp³-hybridized carbons (Fsp3) is 0.324. The minimum Gasteiger partial charge on any atom is -0.468 e. The molecule has 3 rings (SSSR count). The number of rotatable bonds is 19. The number of amides is 3. The van der Waals surface area contributed by atoms with Crippen molar-refractivity contribution >= 4 is 88.0 Å². The summed E-state index contributed by atoms with van der Waals surface area (Å²) in [6, 6.07) is 28.3. The van der Waals surface area contributed by atoms with E-state index in [0.29, 0.717) is 6.29 Å². The predicted octanol–water partition coefficient (Wildman–Crippen LogP) is 2.73. The van der Waals surface area contributed by atoms with Crippen LogP contribution in [0.5, 0.6) is 0 Å². The Labute approximate surface area is 302 Å². The van der Waals surface area contributed by atoms with Crippen molar-refractivity contribution in [2.45, 2.75) is 31.8 Å². The first kappa shape index (κ1) is 40.0. The molecule has 11 nitrogen and oxygen atoms in total. The summed E-state index contributed by atoms with van der Waals surface area (Å²) in [7, 11) is 3.65. The van der Waals surface area contributed by atoms with Crippen molar-refractivity contribution in [3.63, 3.8) is 0 Å². The van der Waals surface area contributed by atoms with Crippen molar-refractivity contribution in [3.8, 4) is 0 Å². The molecule has 2 atom stereocenters. The molecule has 0 spiro atoms. The van der Waals surface area contributed by atoms with E-state index in [1.165, 1.54) is 28.7 Å². The number of hydrogen-bond donors (Lipinski definition) is 4. The summed E-state index contributed by atoms with van der Waals surface area (Å²) in [6.07, 6.45) is 0.211. The number of halogens is 1. The van der Waals surface area contributed by atoms with E-state index in [1.54, 1.807) is 6.92 Å². The number of benzene rings is 3. The Morgan fingerprint density at radius 2 is 1.35 bits per heavy atom. The molecule has 3 amide bonds. The minimum atomic E-state index is -3.37. The predicted molar refractivity (Wildman–Crippen MR) is 203 cm³/mol. The van der Waals surface area contributed by atoms with E-state index in [1.807, 2.05) is 54.6 Å². The van der Waals surface area contributed by atoms with Gasteiger partial charge in [0, 0.05) is 0 Å². The number of carbonyl (C=O) groups excluding carboxylic acids is 5. The van der Waals surface area contributed by atoms with Crippen molar-refractivity contribution in [2.75, 3.05) is 38.1 Å². The second kappa shape index (κ2) is 19.7. The quantitative estimate of drug-likeness (QED) is 0.0614. The van der Waals surface area contributed by atoms with Crippen molar-refractivity contribution in [1.29, 1.82) is 0 Å². The molecule has 49 heavy (non-hydrogen) atoms. The van der Waals surface area contributed by atoms with Crippen LogP contribution in [0.3, 0.4) is 0 Å². The fourth-order valence-corrected chi connectivity index (χ4v) is 13.8. The summed E-state index contributed by atoms with van der Waals surface area (Å²) in [5.41, 5.74) is 5.73. The number of ether oxygens (including phenoxy) is 2. The van der Waals surface area contributed by atoms with Gasteiger partial charge in [0.2, 0.25) is 0 Å². The van der Waals surface area contributed by atoms with Gasteiger partial charge in [-0.1, -0.05) is 0 Å². The summed E-state index contributed by atoms with van der Waals surface area (Å²) >= 11 is 4.31. The molecule has 0 aliphatic rings. The Bertz CT molecular complexity index is 1460. The molecule has 0 radical (unpaired) electrons. The zero-order valence-electron chi connectivity index (χ0n) is 27.3. The number of carbonyl (C=O) groups is 5. The van der Waals surface area contributed by atoms with Crippen LogP contribution in [-0.4, -0.2) is 79.8 Å². The first-order valence-electron chi connectivity index (χ1n) is 15.5. The van der Waals surface area contributed by atoms with Gasteiger partial charge < -0.3 is 15.2 Å². The van der Waals surface area contributed by atoms with Crippen LogP contribution in [0.25, 0.3) is 0 Å². The molecular weight excluding hydrogens is 751 g/mol. The Morgan fingerprint density at radius 3 is 1.84 bits per heavy atom. The van der Waals surface area contributed by atoms with Gasteiger partial charge >= 0.3 is 253 Å². The third-order valence-electron chi connectivity index (χ3n) is 7.52. The SMILES string of the molecule is CCOC(=O)CNC(=O)[C@H](CSSCC(=O)NCP(Br)(c1ccccc1)(c1ccccc1)c1ccccc1)NC(=O)CC[C@H](N)C(=O)OC. The topological polar surface area (TPSA) is 166 Å². The molecule has 3 aromatic rings. The van der Waals surface area contributed by atoms with Gasteiger partial charge in [0.1, 0.15) is 6.04 Å². The van der Waals surface area contributed by atoms with Crippen LogP contribution in [0.4, 0.5) is 0 Å². The molecule has 0 saturated heterocycles. The van der Waals surface area contributed by atoms with E-state index in [-0.39, 0.29) is 43.4 Å². The molecule has 0 bridgehead atoms. The van der Waals surface area contributed by atoms with Crippen LogP contribution >= 0.6 is 42.4 Å². The molecule has 0 unspecified atom stereocenters. The molecule has 15 heteroatoms. The first-order valence-corrected chi connectivity index (χ1v) is 22.4. The molecule has 5 N–H and O–H groups in total. The summed E-state index contributed by atoms with van der Waals surface area (Å²) in [5, 5.41) is 8.10.